The van der Waals surface area contributed by atoms with Gasteiger partial charge in [-0.3, -0.25) is 0 Å². The number of hydrogen-bond acceptors (Lipinski definition) is 4. The maximum absolute atomic E-state index is 11.5. The van der Waals surface area contributed by atoms with Crippen molar-refractivity contribution in [2.24, 2.45) is 0 Å². The molecule has 0 atom stereocenters. The van der Waals surface area contributed by atoms with Crippen LogP contribution in [0.4, 0.5) is 5.82 Å². The molecule has 2 rings (SSSR count). The second kappa shape index (κ2) is 5.35. The van der Waals surface area contributed by atoms with Crippen LogP contribution in [0.15, 0.2) is 18.3 Å². The Balaban J connectivity index is 2.11. The van der Waals surface area contributed by atoms with E-state index in [0.717, 1.165) is 23.3 Å². The van der Waals surface area contributed by atoms with Crippen LogP contribution in [-0.4, -0.2) is 38.0 Å². The maximum atomic E-state index is 11.5. The molecule has 0 spiro atoms. The van der Waals surface area contributed by atoms with E-state index in [0.29, 0.717) is 18.7 Å². The van der Waals surface area contributed by atoms with Gasteiger partial charge in [0, 0.05) is 24.6 Å². The molecular weight excluding hydrogens is 304 g/mol. The van der Waals surface area contributed by atoms with Gasteiger partial charge in [-0.25, -0.2) is 13.4 Å². The van der Waals surface area contributed by atoms with Gasteiger partial charge in [-0.2, -0.15) is 0 Å². The van der Waals surface area contributed by atoms with Gasteiger partial charge in [-0.15, -0.1) is 0 Å². The molecule has 1 aromatic rings. The van der Waals surface area contributed by atoms with Crippen molar-refractivity contribution >= 4 is 31.6 Å². The van der Waals surface area contributed by atoms with Crippen LogP contribution < -0.4 is 4.90 Å². The molecule has 1 saturated heterocycles. The number of hydrogen-bond donors (Lipinski definition) is 0. The van der Waals surface area contributed by atoms with Crippen molar-refractivity contribution in [3.05, 3.63) is 23.9 Å². The number of anilines is 1. The van der Waals surface area contributed by atoms with E-state index < -0.39 is 9.84 Å². The zero-order valence-corrected chi connectivity index (χ0v) is 11.9. The third kappa shape index (κ3) is 3.42. The van der Waals surface area contributed by atoms with E-state index in [9.17, 15) is 8.42 Å². The fourth-order valence-corrected chi connectivity index (χ4v) is 3.45. The minimum atomic E-state index is -2.85. The van der Waals surface area contributed by atoms with Gasteiger partial charge in [0.25, 0.3) is 0 Å². The van der Waals surface area contributed by atoms with Crippen molar-refractivity contribution in [2.75, 3.05) is 29.5 Å². The molecule has 0 aliphatic carbocycles. The van der Waals surface area contributed by atoms with E-state index in [1.807, 2.05) is 23.2 Å². The summed E-state index contributed by atoms with van der Waals surface area (Å²) < 4.78 is 23.0. The van der Waals surface area contributed by atoms with E-state index in [1.54, 1.807) is 0 Å². The van der Waals surface area contributed by atoms with Crippen molar-refractivity contribution in [3.8, 4) is 0 Å². The third-order valence-electron chi connectivity index (χ3n) is 2.84. The summed E-state index contributed by atoms with van der Waals surface area (Å²) in [5, 5.41) is 0.786. The Morgan fingerprint density at radius 3 is 2.76 bits per heavy atom. The molecule has 0 radical (unpaired) electrons. The summed E-state index contributed by atoms with van der Waals surface area (Å²) in [6.45, 7) is 1.31. The molecule has 0 bridgehead atoms. The minimum absolute atomic E-state index is 0.231. The van der Waals surface area contributed by atoms with Crippen LogP contribution in [0.3, 0.4) is 0 Å². The first kappa shape index (κ1) is 12.8. The molecule has 1 aromatic heterocycles. The van der Waals surface area contributed by atoms with Crippen LogP contribution >= 0.6 is 15.9 Å². The van der Waals surface area contributed by atoms with Crippen molar-refractivity contribution in [2.45, 2.75) is 11.8 Å². The zero-order valence-electron chi connectivity index (χ0n) is 9.47. The number of sulfone groups is 1. The molecule has 4 nitrogen and oxygen atoms in total. The molecule has 1 aliphatic rings. The summed E-state index contributed by atoms with van der Waals surface area (Å²) >= 11 is 3.37. The Labute approximate surface area is 110 Å². The summed E-state index contributed by atoms with van der Waals surface area (Å²) in [6.07, 6.45) is 2.51. The molecule has 1 fully saturated rings. The van der Waals surface area contributed by atoms with Crippen LogP contribution in [-0.2, 0) is 15.2 Å². The Morgan fingerprint density at radius 2 is 2.12 bits per heavy atom. The quantitative estimate of drug-likeness (QED) is 0.777. The zero-order chi connectivity index (χ0) is 12.3. The average Bonchev–Trinajstić information content (AvgIpc) is 2.50. The lowest BCUT2D eigenvalue weighted by Crippen LogP contribution is -2.27. The summed E-state index contributed by atoms with van der Waals surface area (Å²) in [7, 11) is -2.85. The van der Waals surface area contributed by atoms with E-state index in [1.165, 1.54) is 0 Å². The average molecular weight is 319 g/mol. The SMILES string of the molecule is O=S1(=O)CCCN(c2ccc(CBr)cn2)CC1. The fraction of sp³-hybridized carbons (Fsp3) is 0.545. The fourth-order valence-electron chi connectivity index (χ4n) is 1.85. The van der Waals surface area contributed by atoms with Crippen LogP contribution in [0.2, 0.25) is 0 Å². The molecule has 1 aliphatic heterocycles. The number of pyridine rings is 1. The molecule has 17 heavy (non-hydrogen) atoms. The van der Waals surface area contributed by atoms with Crippen molar-refractivity contribution in [1.82, 2.24) is 4.98 Å². The highest BCUT2D eigenvalue weighted by molar-refractivity contribution is 9.08. The van der Waals surface area contributed by atoms with Crippen molar-refractivity contribution < 1.29 is 8.42 Å². The topological polar surface area (TPSA) is 50.3 Å². The van der Waals surface area contributed by atoms with Crippen LogP contribution in [0.25, 0.3) is 0 Å². The minimum Gasteiger partial charge on any atom is -0.356 e. The molecule has 0 unspecified atom stereocenters. The van der Waals surface area contributed by atoms with Crippen LogP contribution in [0, 0.1) is 0 Å². The van der Waals surface area contributed by atoms with Gasteiger partial charge in [0.2, 0.25) is 0 Å². The summed E-state index contributed by atoms with van der Waals surface area (Å²) in [5.74, 6) is 1.39. The Morgan fingerprint density at radius 1 is 1.29 bits per heavy atom. The first-order chi connectivity index (χ1) is 8.11. The lowest BCUT2D eigenvalue weighted by atomic mass is 10.3. The number of aromatic nitrogens is 1. The maximum Gasteiger partial charge on any atom is 0.152 e. The second-order valence-corrected chi connectivity index (χ2v) is 7.02. The highest BCUT2D eigenvalue weighted by atomic mass is 79.9. The molecule has 0 aromatic carbocycles. The van der Waals surface area contributed by atoms with Gasteiger partial charge < -0.3 is 4.90 Å². The van der Waals surface area contributed by atoms with E-state index in [-0.39, 0.29) is 5.75 Å². The monoisotopic (exact) mass is 318 g/mol. The molecular formula is C11H15BrN2O2S. The highest BCUT2D eigenvalue weighted by Crippen LogP contribution is 2.15. The van der Waals surface area contributed by atoms with Crippen LogP contribution in [0.5, 0.6) is 0 Å². The molecule has 0 saturated carbocycles. The largest absolute Gasteiger partial charge is 0.356 e. The predicted molar refractivity (Wildman–Crippen MR) is 72.4 cm³/mol. The summed E-state index contributed by atoms with van der Waals surface area (Å²) in [6, 6.07) is 3.96. The van der Waals surface area contributed by atoms with E-state index >= 15 is 0 Å². The van der Waals surface area contributed by atoms with Gasteiger partial charge in [0.05, 0.1) is 11.5 Å². The normalized spacial score (nSPS) is 19.9. The smallest absolute Gasteiger partial charge is 0.152 e. The molecule has 0 amide bonds. The van der Waals surface area contributed by atoms with Gasteiger partial charge >= 0.3 is 0 Å². The van der Waals surface area contributed by atoms with Gasteiger partial charge in [-0.1, -0.05) is 22.0 Å². The summed E-state index contributed by atoms with van der Waals surface area (Å²) in [4.78, 5) is 6.41. The third-order valence-corrected chi connectivity index (χ3v) is 5.21. The lowest BCUT2D eigenvalue weighted by Gasteiger charge is -2.20. The van der Waals surface area contributed by atoms with Crippen molar-refractivity contribution in [1.29, 1.82) is 0 Å². The number of rotatable bonds is 2. The first-order valence-electron chi connectivity index (χ1n) is 5.57. The molecule has 2 heterocycles. The van der Waals surface area contributed by atoms with Gasteiger partial charge in [0.1, 0.15) is 5.82 Å². The standard InChI is InChI=1S/C11H15BrN2O2S/c12-8-10-2-3-11(13-9-10)14-4-1-6-17(15,16)7-5-14/h2-3,9H,1,4-8H2. The van der Waals surface area contributed by atoms with Crippen LogP contribution in [0.1, 0.15) is 12.0 Å². The van der Waals surface area contributed by atoms with E-state index in [4.69, 9.17) is 0 Å². The Bertz CT molecular complexity index is 473. The van der Waals surface area contributed by atoms with E-state index in [2.05, 4.69) is 20.9 Å². The Hall–Kier alpha value is -0.620. The number of halogens is 1. The molecule has 94 valence electrons. The predicted octanol–water partition coefficient (Wildman–Crippen LogP) is 1.60. The Kier molecular flexibility index (Phi) is 4.04. The second-order valence-electron chi connectivity index (χ2n) is 4.15. The van der Waals surface area contributed by atoms with Gasteiger partial charge in [0.15, 0.2) is 9.84 Å². The number of nitrogens with zero attached hydrogens (tertiary/aromatic N) is 2. The highest BCUT2D eigenvalue weighted by Gasteiger charge is 2.19. The van der Waals surface area contributed by atoms with Crippen molar-refractivity contribution in [3.63, 3.8) is 0 Å². The number of alkyl halides is 1. The summed E-state index contributed by atoms with van der Waals surface area (Å²) in [5.41, 5.74) is 1.12. The lowest BCUT2D eigenvalue weighted by molar-refractivity contribution is 0.597. The molecule has 0 N–H and O–H groups in total. The van der Waals surface area contributed by atoms with Gasteiger partial charge in [-0.05, 0) is 18.1 Å². The first-order valence-corrected chi connectivity index (χ1v) is 8.51. The molecule has 6 heteroatoms.